The quantitative estimate of drug-likeness (QED) is 0.793. The van der Waals surface area contributed by atoms with Crippen molar-refractivity contribution in [2.24, 2.45) is 5.92 Å². The van der Waals surface area contributed by atoms with E-state index in [-0.39, 0.29) is 18.4 Å². The second-order valence-electron chi connectivity index (χ2n) is 4.93. The lowest BCUT2D eigenvalue weighted by Gasteiger charge is -2.34. The van der Waals surface area contributed by atoms with Crippen molar-refractivity contribution in [3.05, 3.63) is 0 Å². The molecule has 2 rings (SSSR count). The molecule has 0 aromatic carbocycles. The summed E-state index contributed by atoms with van der Waals surface area (Å²) < 4.78 is 5.34. The van der Waals surface area contributed by atoms with E-state index in [0.29, 0.717) is 32.0 Å². The van der Waals surface area contributed by atoms with E-state index in [9.17, 15) is 9.59 Å². The lowest BCUT2D eigenvalue weighted by molar-refractivity contribution is -0.148. The van der Waals surface area contributed by atoms with Gasteiger partial charge < -0.3 is 14.7 Å². The van der Waals surface area contributed by atoms with Crippen molar-refractivity contribution in [3.8, 4) is 0 Å². The van der Waals surface area contributed by atoms with Gasteiger partial charge in [0.25, 0.3) is 0 Å². The second-order valence-corrected chi connectivity index (χ2v) is 4.93. The zero-order valence-corrected chi connectivity index (χ0v) is 9.93. The first kappa shape index (κ1) is 12.4. The first-order valence-electron chi connectivity index (χ1n) is 6.26. The molecule has 0 spiro atoms. The molecule has 1 unspecified atom stereocenters. The van der Waals surface area contributed by atoms with Gasteiger partial charge in [-0.1, -0.05) is 6.42 Å². The zero-order chi connectivity index (χ0) is 12.3. The fourth-order valence-corrected chi connectivity index (χ4v) is 2.34. The number of hydrogen-bond donors (Lipinski definition) is 1. The number of hydrogen-bond acceptors (Lipinski definition) is 3. The van der Waals surface area contributed by atoms with E-state index >= 15 is 0 Å². The first-order valence-corrected chi connectivity index (χ1v) is 6.26. The number of carbonyl (C=O) groups excluding carboxylic acids is 1. The molecule has 1 aliphatic carbocycles. The van der Waals surface area contributed by atoms with Gasteiger partial charge in [-0.25, -0.2) is 0 Å². The van der Waals surface area contributed by atoms with Crippen LogP contribution in [0.25, 0.3) is 0 Å². The average Bonchev–Trinajstić information content (AvgIpc) is 2.22. The Morgan fingerprint density at radius 3 is 2.65 bits per heavy atom. The highest BCUT2D eigenvalue weighted by molar-refractivity contribution is 5.76. The van der Waals surface area contributed by atoms with Crippen molar-refractivity contribution >= 4 is 11.9 Å². The van der Waals surface area contributed by atoms with E-state index in [1.165, 1.54) is 6.42 Å². The number of rotatable bonds is 4. The van der Waals surface area contributed by atoms with Crippen molar-refractivity contribution in [2.75, 3.05) is 19.7 Å². The van der Waals surface area contributed by atoms with Crippen LogP contribution in [0, 0.1) is 5.92 Å². The van der Waals surface area contributed by atoms with Gasteiger partial charge in [-0.15, -0.1) is 0 Å². The SMILES string of the molecule is O=C(O)CC1CN(C(=O)CC2CCC2)CCO1. The van der Waals surface area contributed by atoms with Crippen LogP contribution in [0.15, 0.2) is 0 Å². The topological polar surface area (TPSA) is 66.8 Å². The molecule has 2 aliphatic rings. The van der Waals surface area contributed by atoms with Crippen LogP contribution in [0.5, 0.6) is 0 Å². The van der Waals surface area contributed by atoms with E-state index in [0.717, 1.165) is 12.8 Å². The number of aliphatic carboxylic acids is 1. The van der Waals surface area contributed by atoms with Crippen LogP contribution in [-0.2, 0) is 14.3 Å². The van der Waals surface area contributed by atoms with Gasteiger partial charge in [0.1, 0.15) is 0 Å². The van der Waals surface area contributed by atoms with Crippen molar-refractivity contribution in [2.45, 2.75) is 38.2 Å². The number of ether oxygens (including phenoxy) is 1. The largest absolute Gasteiger partial charge is 0.481 e. The summed E-state index contributed by atoms with van der Waals surface area (Å²) in [4.78, 5) is 24.3. The molecule has 1 N–H and O–H groups in total. The number of morpholine rings is 1. The molecule has 1 saturated heterocycles. The minimum absolute atomic E-state index is 0.0206. The highest BCUT2D eigenvalue weighted by Gasteiger charge is 2.28. The van der Waals surface area contributed by atoms with Crippen molar-refractivity contribution in [1.82, 2.24) is 4.90 Å². The number of carbonyl (C=O) groups is 2. The van der Waals surface area contributed by atoms with Crippen LogP contribution < -0.4 is 0 Å². The highest BCUT2D eigenvalue weighted by atomic mass is 16.5. The molecule has 1 saturated carbocycles. The molecule has 1 atom stereocenters. The van der Waals surface area contributed by atoms with Gasteiger partial charge in [0.2, 0.25) is 5.91 Å². The van der Waals surface area contributed by atoms with Crippen molar-refractivity contribution in [3.63, 3.8) is 0 Å². The molecule has 1 aliphatic heterocycles. The van der Waals surface area contributed by atoms with Crippen LogP contribution >= 0.6 is 0 Å². The molecule has 1 heterocycles. The smallest absolute Gasteiger partial charge is 0.306 e. The summed E-state index contributed by atoms with van der Waals surface area (Å²) in [6.45, 7) is 1.48. The van der Waals surface area contributed by atoms with Gasteiger partial charge in [-0.05, 0) is 18.8 Å². The number of amides is 1. The van der Waals surface area contributed by atoms with Gasteiger partial charge in [0.15, 0.2) is 0 Å². The number of nitrogens with zero attached hydrogens (tertiary/aromatic N) is 1. The predicted octanol–water partition coefficient (Wildman–Crippen LogP) is 0.879. The Kier molecular flexibility index (Phi) is 3.99. The van der Waals surface area contributed by atoms with E-state index in [2.05, 4.69) is 0 Å². The third kappa shape index (κ3) is 3.43. The maximum atomic E-state index is 12.0. The summed E-state index contributed by atoms with van der Waals surface area (Å²) in [7, 11) is 0. The summed E-state index contributed by atoms with van der Waals surface area (Å²) in [5.74, 6) is -0.153. The van der Waals surface area contributed by atoms with Gasteiger partial charge >= 0.3 is 5.97 Å². The Morgan fingerprint density at radius 2 is 2.06 bits per heavy atom. The molecule has 0 bridgehead atoms. The highest BCUT2D eigenvalue weighted by Crippen LogP contribution is 2.30. The fourth-order valence-electron chi connectivity index (χ4n) is 2.34. The van der Waals surface area contributed by atoms with Crippen LogP contribution in [-0.4, -0.2) is 47.7 Å². The fraction of sp³-hybridized carbons (Fsp3) is 0.833. The summed E-state index contributed by atoms with van der Waals surface area (Å²) in [5.41, 5.74) is 0. The van der Waals surface area contributed by atoms with Gasteiger partial charge in [-0.3, -0.25) is 9.59 Å². The predicted molar refractivity (Wildman–Crippen MR) is 60.5 cm³/mol. The third-order valence-electron chi connectivity index (χ3n) is 3.58. The molecule has 0 radical (unpaired) electrons. The van der Waals surface area contributed by atoms with E-state index < -0.39 is 5.97 Å². The minimum atomic E-state index is -0.872. The van der Waals surface area contributed by atoms with Crippen LogP contribution in [0.4, 0.5) is 0 Å². The maximum absolute atomic E-state index is 12.0. The van der Waals surface area contributed by atoms with Gasteiger partial charge in [-0.2, -0.15) is 0 Å². The van der Waals surface area contributed by atoms with Crippen molar-refractivity contribution in [1.29, 1.82) is 0 Å². The number of carboxylic acids is 1. The molecule has 5 heteroatoms. The Labute approximate surface area is 101 Å². The maximum Gasteiger partial charge on any atom is 0.306 e. The molecule has 5 nitrogen and oxygen atoms in total. The molecular formula is C12H19NO4. The van der Waals surface area contributed by atoms with Crippen LogP contribution in [0.2, 0.25) is 0 Å². The Hall–Kier alpha value is -1.10. The Morgan fingerprint density at radius 1 is 1.29 bits per heavy atom. The van der Waals surface area contributed by atoms with Gasteiger partial charge in [0.05, 0.1) is 19.1 Å². The summed E-state index contributed by atoms with van der Waals surface area (Å²) in [6.07, 6.45) is 3.82. The lowest BCUT2D eigenvalue weighted by Crippen LogP contribution is -2.46. The summed E-state index contributed by atoms with van der Waals surface area (Å²) >= 11 is 0. The second kappa shape index (κ2) is 5.49. The molecule has 96 valence electrons. The molecule has 17 heavy (non-hydrogen) atoms. The van der Waals surface area contributed by atoms with E-state index in [4.69, 9.17) is 9.84 Å². The Balaban J connectivity index is 1.78. The first-order chi connectivity index (χ1) is 8.15. The standard InChI is InChI=1S/C12H19NO4/c14-11(6-9-2-1-3-9)13-4-5-17-10(8-13)7-12(15)16/h9-10H,1-8H2,(H,15,16). The average molecular weight is 241 g/mol. The molecular weight excluding hydrogens is 222 g/mol. The normalized spacial score (nSPS) is 25.4. The molecule has 0 aromatic rings. The van der Waals surface area contributed by atoms with E-state index in [1.54, 1.807) is 4.90 Å². The van der Waals surface area contributed by atoms with Crippen LogP contribution in [0.3, 0.4) is 0 Å². The molecule has 1 amide bonds. The number of carboxylic acid groups (broad SMARTS) is 1. The summed E-state index contributed by atoms with van der Waals surface area (Å²) in [5, 5.41) is 8.70. The van der Waals surface area contributed by atoms with E-state index in [1.807, 2.05) is 0 Å². The van der Waals surface area contributed by atoms with Crippen molar-refractivity contribution < 1.29 is 19.4 Å². The lowest BCUT2D eigenvalue weighted by atomic mass is 9.82. The molecule has 2 fully saturated rings. The molecule has 0 aromatic heterocycles. The van der Waals surface area contributed by atoms with Gasteiger partial charge in [0, 0.05) is 19.5 Å². The van der Waals surface area contributed by atoms with Crippen LogP contribution in [0.1, 0.15) is 32.1 Å². The third-order valence-corrected chi connectivity index (χ3v) is 3.58. The minimum Gasteiger partial charge on any atom is -0.481 e. The summed E-state index contributed by atoms with van der Waals surface area (Å²) in [6, 6.07) is 0. The monoisotopic (exact) mass is 241 g/mol. The zero-order valence-electron chi connectivity index (χ0n) is 9.93. The Bertz CT molecular complexity index is 301.